The van der Waals surface area contributed by atoms with Crippen LogP contribution in [0.1, 0.15) is 113 Å². The molecule has 0 amide bonds. The molecule has 176 valence electrons. The van der Waals surface area contributed by atoms with E-state index >= 15 is 0 Å². The van der Waals surface area contributed by atoms with Crippen LogP contribution in [0.5, 0.6) is 0 Å². The van der Waals surface area contributed by atoms with Crippen molar-refractivity contribution in [2.24, 2.45) is 0 Å². The first-order valence-corrected chi connectivity index (χ1v) is 12.7. The average molecular weight is 430 g/mol. The number of nitrogens with zero attached hydrogens (tertiary/aromatic N) is 1. The number of rotatable bonds is 19. The molecular formula is C28H47NO2. The summed E-state index contributed by atoms with van der Waals surface area (Å²) in [6, 6.07) is 7.73. The molecule has 0 aliphatic rings. The van der Waals surface area contributed by atoms with Crippen LogP contribution < -0.4 is 0 Å². The molecule has 0 fully saturated rings. The number of hydrogen-bond acceptors (Lipinski definition) is 3. The number of carbonyl (C=O) groups is 1. The van der Waals surface area contributed by atoms with Gasteiger partial charge < -0.3 is 9.64 Å². The minimum atomic E-state index is -0.204. The van der Waals surface area contributed by atoms with Crippen molar-refractivity contribution in [1.82, 2.24) is 4.90 Å². The fraction of sp³-hybridized carbons (Fsp3) is 0.679. The standard InChI is InChI=1S/C28H47NO2/c1-4-5-6-7-8-9-10-11-12-13-14-15-16-17-18-19-24-31-28(30)27-22-20-26(21-23-27)25-29(2)3/h11-12,20-23H,4-10,13-19,24-25H2,1-3H3. The van der Waals surface area contributed by atoms with Crippen molar-refractivity contribution in [3.8, 4) is 0 Å². The van der Waals surface area contributed by atoms with Gasteiger partial charge in [-0.25, -0.2) is 4.79 Å². The second-order valence-electron chi connectivity index (χ2n) is 9.01. The average Bonchev–Trinajstić information content (AvgIpc) is 2.76. The molecular weight excluding hydrogens is 382 g/mol. The van der Waals surface area contributed by atoms with Crippen molar-refractivity contribution in [2.75, 3.05) is 20.7 Å². The lowest BCUT2D eigenvalue weighted by Crippen LogP contribution is -2.11. The van der Waals surface area contributed by atoms with Crippen LogP contribution >= 0.6 is 0 Å². The zero-order valence-corrected chi connectivity index (χ0v) is 20.5. The predicted octanol–water partition coefficient (Wildman–Crippen LogP) is 7.94. The first-order valence-electron chi connectivity index (χ1n) is 12.7. The Kier molecular flexibility index (Phi) is 16.9. The molecule has 1 aromatic rings. The molecule has 0 unspecified atom stereocenters. The lowest BCUT2D eigenvalue weighted by Gasteiger charge is -2.10. The quantitative estimate of drug-likeness (QED) is 0.127. The van der Waals surface area contributed by atoms with Crippen molar-refractivity contribution < 1.29 is 9.53 Å². The van der Waals surface area contributed by atoms with Crippen LogP contribution in [0.15, 0.2) is 36.4 Å². The highest BCUT2D eigenvalue weighted by molar-refractivity contribution is 5.89. The van der Waals surface area contributed by atoms with Crippen LogP contribution in [-0.4, -0.2) is 31.6 Å². The molecule has 1 rings (SSSR count). The van der Waals surface area contributed by atoms with Crippen molar-refractivity contribution in [1.29, 1.82) is 0 Å². The topological polar surface area (TPSA) is 29.5 Å². The van der Waals surface area contributed by atoms with E-state index in [0.717, 1.165) is 19.4 Å². The second-order valence-corrected chi connectivity index (χ2v) is 9.01. The molecule has 3 heteroatoms. The Morgan fingerprint density at radius 3 is 1.84 bits per heavy atom. The van der Waals surface area contributed by atoms with E-state index in [0.29, 0.717) is 12.2 Å². The van der Waals surface area contributed by atoms with Gasteiger partial charge in [-0.05, 0) is 63.9 Å². The van der Waals surface area contributed by atoms with Gasteiger partial charge in [-0.1, -0.05) is 89.0 Å². The van der Waals surface area contributed by atoms with Crippen LogP contribution in [0.2, 0.25) is 0 Å². The highest BCUT2D eigenvalue weighted by Crippen LogP contribution is 2.11. The first kappa shape index (κ1) is 27.4. The summed E-state index contributed by atoms with van der Waals surface area (Å²) in [5, 5.41) is 0. The SMILES string of the molecule is CCCCCCCCC=CCCCCCCCCOC(=O)c1ccc(CN(C)C)cc1. The Morgan fingerprint density at radius 2 is 1.29 bits per heavy atom. The van der Waals surface area contributed by atoms with E-state index in [1.54, 1.807) is 0 Å². The monoisotopic (exact) mass is 429 g/mol. The molecule has 1 aromatic carbocycles. The number of allylic oxidation sites excluding steroid dienone is 2. The largest absolute Gasteiger partial charge is 0.462 e. The van der Waals surface area contributed by atoms with Gasteiger partial charge in [-0.15, -0.1) is 0 Å². The van der Waals surface area contributed by atoms with E-state index in [2.05, 4.69) is 24.0 Å². The maximum atomic E-state index is 12.1. The zero-order valence-electron chi connectivity index (χ0n) is 20.5. The summed E-state index contributed by atoms with van der Waals surface area (Å²) in [5.74, 6) is -0.204. The van der Waals surface area contributed by atoms with Crippen molar-refractivity contribution in [2.45, 2.75) is 103 Å². The summed E-state index contributed by atoms with van der Waals surface area (Å²) in [5.41, 5.74) is 1.85. The van der Waals surface area contributed by atoms with Gasteiger partial charge >= 0.3 is 5.97 Å². The molecule has 3 nitrogen and oxygen atoms in total. The van der Waals surface area contributed by atoms with Gasteiger partial charge in [-0.2, -0.15) is 0 Å². The number of benzene rings is 1. The fourth-order valence-electron chi connectivity index (χ4n) is 3.71. The summed E-state index contributed by atoms with van der Waals surface area (Å²) in [4.78, 5) is 14.2. The minimum absolute atomic E-state index is 0.204. The maximum absolute atomic E-state index is 12.1. The predicted molar refractivity (Wildman–Crippen MR) is 134 cm³/mol. The van der Waals surface area contributed by atoms with E-state index in [-0.39, 0.29) is 5.97 Å². The van der Waals surface area contributed by atoms with Gasteiger partial charge in [0.2, 0.25) is 0 Å². The molecule has 0 saturated carbocycles. The number of carbonyl (C=O) groups excluding carboxylic acids is 1. The first-order chi connectivity index (χ1) is 15.1. The van der Waals surface area contributed by atoms with Crippen molar-refractivity contribution in [3.63, 3.8) is 0 Å². The van der Waals surface area contributed by atoms with Gasteiger partial charge in [0.05, 0.1) is 12.2 Å². The Labute approximate surface area is 192 Å². The Bertz CT molecular complexity index is 577. The highest BCUT2D eigenvalue weighted by Gasteiger charge is 2.07. The lowest BCUT2D eigenvalue weighted by molar-refractivity contribution is 0.0497. The molecule has 0 aliphatic heterocycles. The number of ether oxygens (including phenoxy) is 1. The molecule has 0 saturated heterocycles. The Hall–Kier alpha value is -1.61. The summed E-state index contributed by atoms with van der Waals surface area (Å²) < 4.78 is 5.41. The molecule has 0 radical (unpaired) electrons. The second kappa shape index (κ2) is 19.1. The van der Waals surface area contributed by atoms with Crippen LogP contribution in [-0.2, 0) is 11.3 Å². The van der Waals surface area contributed by atoms with E-state index in [4.69, 9.17) is 4.74 Å². The Balaban J connectivity index is 1.91. The Morgan fingerprint density at radius 1 is 0.774 bits per heavy atom. The smallest absolute Gasteiger partial charge is 0.338 e. The zero-order chi connectivity index (χ0) is 22.6. The van der Waals surface area contributed by atoms with Crippen LogP contribution in [0.4, 0.5) is 0 Å². The van der Waals surface area contributed by atoms with Gasteiger partial charge in [0, 0.05) is 6.54 Å². The minimum Gasteiger partial charge on any atom is -0.462 e. The van der Waals surface area contributed by atoms with E-state index in [9.17, 15) is 4.79 Å². The number of esters is 1. The van der Waals surface area contributed by atoms with E-state index in [1.165, 1.54) is 82.6 Å². The molecule has 0 bridgehead atoms. The number of unbranched alkanes of at least 4 members (excludes halogenated alkanes) is 12. The molecule has 31 heavy (non-hydrogen) atoms. The van der Waals surface area contributed by atoms with Crippen molar-refractivity contribution >= 4 is 5.97 Å². The van der Waals surface area contributed by atoms with Crippen LogP contribution in [0, 0.1) is 0 Å². The lowest BCUT2D eigenvalue weighted by atomic mass is 10.1. The third kappa shape index (κ3) is 15.8. The summed E-state index contributed by atoms with van der Waals surface area (Å²) in [6.45, 7) is 3.68. The summed E-state index contributed by atoms with van der Waals surface area (Å²) in [6.07, 6.45) is 22.7. The van der Waals surface area contributed by atoms with E-state index in [1.807, 2.05) is 38.4 Å². The fourth-order valence-corrected chi connectivity index (χ4v) is 3.71. The molecule has 0 aliphatic carbocycles. The number of hydrogen-bond donors (Lipinski definition) is 0. The molecule has 0 spiro atoms. The molecule has 0 atom stereocenters. The molecule has 0 N–H and O–H groups in total. The van der Waals surface area contributed by atoms with Crippen LogP contribution in [0.25, 0.3) is 0 Å². The van der Waals surface area contributed by atoms with Crippen molar-refractivity contribution in [3.05, 3.63) is 47.5 Å². The third-order valence-corrected chi connectivity index (χ3v) is 5.58. The van der Waals surface area contributed by atoms with Gasteiger partial charge in [0.1, 0.15) is 0 Å². The summed E-state index contributed by atoms with van der Waals surface area (Å²) >= 11 is 0. The van der Waals surface area contributed by atoms with Gasteiger partial charge in [0.25, 0.3) is 0 Å². The van der Waals surface area contributed by atoms with Crippen LogP contribution in [0.3, 0.4) is 0 Å². The molecule has 0 aromatic heterocycles. The third-order valence-electron chi connectivity index (χ3n) is 5.58. The molecule has 0 heterocycles. The summed E-state index contributed by atoms with van der Waals surface area (Å²) in [7, 11) is 4.08. The maximum Gasteiger partial charge on any atom is 0.338 e. The van der Waals surface area contributed by atoms with Gasteiger partial charge in [0.15, 0.2) is 0 Å². The highest BCUT2D eigenvalue weighted by atomic mass is 16.5. The normalized spacial score (nSPS) is 11.5. The van der Waals surface area contributed by atoms with E-state index < -0.39 is 0 Å². The van der Waals surface area contributed by atoms with Gasteiger partial charge in [-0.3, -0.25) is 0 Å².